The highest BCUT2D eigenvalue weighted by Crippen LogP contribution is 2.23. The largest absolute Gasteiger partial charge is 0.444 e. The molecular weight excluding hydrogens is 204 g/mol. The van der Waals surface area contributed by atoms with Crippen molar-refractivity contribution in [2.24, 2.45) is 5.92 Å². The summed E-state index contributed by atoms with van der Waals surface area (Å²) >= 11 is 0. The second kappa shape index (κ2) is 5.20. The Bertz CT molecular complexity index is 280. The van der Waals surface area contributed by atoms with Gasteiger partial charge in [-0.15, -0.1) is 0 Å². The van der Waals surface area contributed by atoms with Crippen LogP contribution in [-0.4, -0.2) is 17.7 Å². The SMILES string of the molecule is CC(C)(C)OC(=O)N[C@H]1CC[C@H](C#N)CC1. The Hall–Kier alpha value is -1.24. The van der Waals surface area contributed by atoms with Crippen LogP contribution in [0.3, 0.4) is 0 Å². The van der Waals surface area contributed by atoms with Crippen LogP contribution in [0.5, 0.6) is 0 Å². The topological polar surface area (TPSA) is 62.1 Å². The molecule has 1 saturated carbocycles. The van der Waals surface area contributed by atoms with Crippen LogP contribution >= 0.6 is 0 Å². The maximum atomic E-state index is 11.5. The molecular formula is C12H20N2O2. The molecule has 0 aromatic heterocycles. The van der Waals surface area contributed by atoms with E-state index in [0.717, 1.165) is 25.7 Å². The monoisotopic (exact) mass is 224 g/mol. The predicted octanol–water partition coefficient (Wildman–Crippen LogP) is 2.59. The van der Waals surface area contributed by atoms with Crippen molar-refractivity contribution < 1.29 is 9.53 Å². The fraction of sp³-hybridized carbons (Fsp3) is 0.833. The third-order valence-corrected chi connectivity index (χ3v) is 2.63. The van der Waals surface area contributed by atoms with E-state index in [-0.39, 0.29) is 18.1 Å². The molecule has 1 fully saturated rings. The molecule has 0 aromatic carbocycles. The molecule has 0 heterocycles. The van der Waals surface area contributed by atoms with Crippen molar-refractivity contribution in [2.45, 2.75) is 58.1 Å². The van der Waals surface area contributed by atoms with E-state index in [0.29, 0.717) is 0 Å². The van der Waals surface area contributed by atoms with E-state index in [2.05, 4.69) is 11.4 Å². The number of hydrogen-bond donors (Lipinski definition) is 1. The summed E-state index contributed by atoms with van der Waals surface area (Å²) in [6.07, 6.45) is 3.14. The van der Waals surface area contributed by atoms with Crippen molar-refractivity contribution >= 4 is 6.09 Å². The zero-order valence-corrected chi connectivity index (χ0v) is 10.2. The molecule has 0 saturated heterocycles. The van der Waals surface area contributed by atoms with Crippen molar-refractivity contribution in [1.82, 2.24) is 5.32 Å². The van der Waals surface area contributed by atoms with E-state index in [9.17, 15) is 4.79 Å². The first-order chi connectivity index (χ1) is 7.40. The maximum absolute atomic E-state index is 11.5. The van der Waals surface area contributed by atoms with E-state index in [4.69, 9.17) is 10.00 Å². The summed E-state index contributed by atoms with van der Waals surface area (Å²) in [4.78, 5) is 11.5. The van der Waals surface area contributed by atoms with E-state index < -0.39 is 5.60 Å². The number of alkyl carbamates (subject to hydrolysis) is 1. The molecule has 1 amide bonds. The first-order valence-corrected chi connectivity index (χ1v) is 5.80. The van der Waals surface area contributed by atoms with Crippen LogP contribution in [-0.2, 0) is 4.74 Å². The number of carbonyl (C=O) groups is 1. The third-order valence-electron chi connectivity index (χ3n) is 2.63. The highest BCUT2D eigenvalue weighted by Gasteiger charge is 2.24. The minimum Gasteiger partial charge on any atom is -0.444 e. The Labute approximate surface area is 97.0 Å². The molecule has 0 spiro atoms. The highest BCUT2D eigenvalue weighted by atomic mass is 16.6. The number of rotatable bonds is 1. The van der Waals surface area contributed by atoms with Crippen LogP contribution in [0.25, 0.3) is 0 Å². The van der Waals surface area contributed by atoms with E-state index in [1.165, 1.54) is 0 Å². The van der Waals surface area contributed by atoms with Crippen LogP contribution < -0.4 is 5.32 Å². The highest BCUT2D eigenvalue weighted by molar-refractivity contribution is 5.68. The van der Waals surface area contributed by atoms with Gasteiger partial charge >= 0.3 is 6.09 Å². The summed E-state index contributed by atoms with van der Waals surface area (Å²) in [5.41, 5.74) is -0.450. The predicted molar refractivity (Wildman–Crippen MR) is 60.7 cm³/mol. The Morgan fingerprint density at radius 1 is 1.31 bits per heavy atom. The smallest absolute Gasteiger partial charge is 0.407 e. The first kappa shape index (κ1) is 12.8. The molecule has 0 radical (unpaired) electrons. The van der Waals surface area contributed by atoms with Gasteiger partial charge in [0.1, 0.15) is 5.60 Å². The number of nitriles is 1. The summed E-state index contributed by atoms with van der Waals surface area (Å²) in [5, 5.41) is 11.6. The van der Waals surface area contributed by atoms with Crippen molar-refractivity contribution in [1.29, 1.82) is 5.26 Å². The van der Waals surface area contributed by atoms with Crippen LogP contribution in [0, 0.1) is 17.2 Å². The standard InChI is InChI=1S/C12H20N2O2/c1-12(2,3)16-11(15)14-10-6-4-9(8-13)5-7-10/h9-10H,4-7H2,1-3H3,(H,14,15)/t9-,10-. The molecule has 0 atom stereocenters. The number of ether oxygens (including phenoxy) is 1. The fourth-order valence-corrected chi connectivity index (χ4v) is 1.84. The second-order valence-electron chi connectivity index (χ2n) is 5.32. The van der Waals surface area contributed by atoms with Crippen LogP contribution in [0.15, 0.2) is 0 Å². The summed E-state index contributed by atoms with van der Waals surface area (Å²) in [6, 6.07) is 2.44. The quantitative estimate of drug-likeness (QED) is 0.744. The van der Waals surface area contributed by atoms with Crippen molar-refractivity contribution in [2.75, 3.05) is 0 Å². The molecule has 1 rings (SSSR count). The zero-order valence-electron chi connectivity index (χ0n) is 10.2. The Balaban J connectivity index is 2.29. The lowest BCUT2D eigenvalue weighted by Crippen LogP contribution is -2.40. The molecule has 4 heteroatoms. The van der Waals surface area contributed by atoms with Gasteiger partial charge in [-0.25, -0.2) is 4.79 Å². The van der Waals surface area contributed by atoms with Gasteiger partial charge in [0.2, 0.25) is 0 Å². The van der Waals surface area contributed by atoms with Gasteiger partial charge in [-0.05, 0) is 46.5 Å². The molecule has 0 bridgehead atoms. The molecule has 4 nitrogen and oxygen atoms in total. The lowest BCUT2D eigenvalue weighted by atomic mass is 9.87. The van der Waals surface area contributed by atoms with Gasteiger partial charge in [0.15, 0.2) is 0 Å². The number of amides is 1. The van der Waals surface area contributed by atoms with Crippen molar-refractivity contribution in [3.63, 3.8) is 0 Å². The van der Waals surface area contributed by atoms with Gasteiger partial charge in [-0.3, -0.25) is 0 Å². The summed E-state index contributed by atoms with van der Waals surface area (Å²) in [5.74, 6) is 0.164. The van der Waals surface area contributed by atoms with Gasteiger partial charge in [-0.1, -0.05) is 0 Å². The van der Waals surface area contributed by atoms with E-state index in [1.54, 1.807) is 0 Å². The number of nitrogens with zero attached hydrogens (tertiary/aromatic N) is 1. The van der Waals surface area contributed by atoms with Gasteiger partial charge < -0.3 is 10.1 Å². The van der Waals surface area contributed by atoms with Gasteiger partial charge in [-0.2, -0.15) is 5.26 Å². The molecule has 90 valence electrons. The minimum atomic E-state index is -0.450. The zero-order chi connectivity index (χ0) is 12.2. The lowest BCUT2D eigenvalue weighted by molar-refractivity contribution is 0.0490. The number of nitrogens with one attached hydrogen (secondary N) is 1. The van der Waals surface area contributed by atoms with Gasteiger partial charge in [0, 0.05) is 12.0 Å². The van der Waals surface area contributed by atoms with Crippen molar-refractivity contribution in [3.05, 3.63) is 0 Å². The summed E-state index contributed by atoms with van der Waals surface area (Å²) < 4.78 is 5.18. The maximum Gasteiger partial charge on any atom is 0.407 e. The van der Waals surface area contributed by atoms with Crippen LogP contribution in [0.1, 0.15) is 46.5 Å². The van der Waals surface area contributed by atoms with Crippen LogP contribution in [0.2, 0.25) is 0 Å². The van der Waals surface area contributed by atoms with Gasteiger partial charge in [0.25, 0.3) is 0 Å². The lowest BCUT2D eigenvalue weighted by Gasteiger charge is -2.27. The Kier molecular flexibility index (Phi) is 4.17. The number of hydrogen-bond acceptors (Lipinski definition) is 3. The Morgan fingerprint density at radius 2 is 1.88 bits per heavy atom. The second-order valence-corrected chi connectivity index (χ2v) is 5.32. The average molecular weight is 224 g/mol. The molecule has 16 heavy (non-hydrogen) atoms. The molecule has 0 aliphatic heterocycles. The molecule has 0 unspecified atom stereocenters. The normalized spacial score (nSPS) is 25.6. The van der Waals surface area contributed by atoms with E-state index in [1.807, 2.05) is 20.8 Å². The third kappa shape index (κ3) is 4.52. The van der Waals surface area contributed by atoms with Crippen molar-refractivity contribution in [3.8, 4) is 6.07 Å². The first-order valence-electron chi connectivity index (χ1n) is 5.80. The minimum absolute atomic E-state index is 0.164. The molecule has 1 N–H and O–H groups in total. The summed E-state index contributed by atoms with van der Waals surface area (Å²) in [6.45, 7) is 5.54. The molecule has 1 aliphatic rings. The molecule has 1 aliphatic carbocycles. The number of carbonyl (C=O) groups excluding carboxylic acids is 1. The molecule has 0 aromatic rings. The van der Waals surface area contributed by atoms with Gasteiger partial charge in [0.05, 0.1) is 6.07 Å². The average Bonchev–Trinajstić information content (AvgIpc) is 2.16. The Morgan fingerprint density at radius 3 is 2.31 bits per heavy atom. The summed E-state index contributed by atoms with van der Waals surface area (Å²) in [7, 11) is 0. The van der Waals surface area contributed by atoms with Crippen LogP contribution in [0.4, 0.5) is 4.79 Å². The van der Waals surface area contributed by atoms with E-state index >= 15 is 0 Å². The fourth-order valence-electron chi connectivity index (χ4n) is 1.84.